The topological polar surface area (TPSA) is 59.1 Å². The zero-order valence-electron chi connectivity index (χ0n) is 9.15. The molecule has 0 saturated heterocycles. The number of hydrogen-bond acceptors (Lipinski definition) is 5. The Balaban J connectivity index is 2.70. The van der Waals surface area contributed by atoms with E-state index < -0.39 is 9.84 Å². The van der Waals surface area contributed by atoms with Crippen LogP contribution in [-0.2, 0) is 9.84 Å². The van der Waals surface area contributed by atoms with Crippen LogP contribution in [0.2, 0.25) is 0 Å². The van der Waals surface area contributed by atoms with Crippen molar-refractivity contribution in [3.8, 4) is 0 Å². The van der Waals surface area contributed by atoms with Crippen LogP contribution in [0.15, 0.2) is 5.51 Å². The van der Waals surface area contributed by atoms with Gasteiger partial charge in [0.25, 0.3) is 0 Å². The zero-order chi connectivity index (χ0) is 11.5. The Morgan fingerprint density at radius 1 is 1.60 bits per heavy atom. The van der Waals surface area contributed by atoms with Crippen molar-refractivity contribution in [2.75, 3.05) is 19.1 Å². The van der Waals surface area contributed by atoms with Gasteiger partial charge in [-0.2, -0.15) is 0 Å². The van der Waals surface area contributed by atoms with Gasteiger partial charge in [-0.05, 0) is 20.4 Å². The number of aromatic nitrogens is 1. The summed E-state index contributed by atoms with van der Waals surface area (Å²) in [4.78, 5) is 5.29. The Labute approximate surface area is 94.7 Å². The molecule has 0 saturated carbocycles. The lowest BCUT2D eigenvalue weighted by atomic mass is 10.1. The van der Waals surface area contributed by atoms with Gasteiger partial charge in [-0.1, -0.05) is 0 Å². The second-order valence-corrected chi connectivity index (χ2v) is 6.71. The number of nitrogens with one attached hydrogen (secondary N) is 1. The standard InChI is InChI=1S/C9H16N2O2S2/c1-7-9(14-6-11-7)8(10-2)4-5-15(3,12)13/h6,8,10H,4-5H2,1-3H3. The molecule has 1 heterocycles. The highest BCUT2D eigenvalue weighted by Crippen LogP contribution is 2.24. The zero-order valence-corrected chi connectivity index (χ0v) is 10.8. The van der Waals surface area contributed by atoms with Gasteiger partial charge in [0.05, 0.1) is 17.0 Å². The van der Waals surface area contributed by atoms with E-state index in [0.29, 0.717) is 6.42 Å². The van der Waals surface area contributed by atoms with Gasteiger partial charge in [0, 0.05) is 17.2 Å². The molecule has 1 unspecified atom stereocenters. The van der Waals surface area contributed by atoms with E-state index >= 15 is 0 Å². The molecular formula is C9H16N2O2S2. The summed E-state index contributed by atoms with van der Waals surface area (Å²) in [5.74, 6) is 0.204. The molecule has 15 heavy (non-hydrogen) atoms. The Morgan fingerprint density at radius 3 is 2.67 bits per heavy atom. The molecule has 86 valence electrons. The molecule has 0 aliphatic rings. The van der Waals surface area contributed by atoms with Gasteiger partial charge in [0.1, 0.15) is 9.84 Å². The van der Waals surface area contributed by atoms with Crippen LogP contribution in [0.25, 0.3) is 0 Å². The molecule has 1 rings (SSSR count). The maximum absolute atomic E-state index is 11.1. The molecule has 0 aromatic carbocycles. The molecule has 0 fully saturated rings. The van der Waals surface area contributed by atoms with E-state index in [4.69, 9.17) is 0 Å². The third-order valence-electron chi connectivity index (χ3n) is 2.22. The maximum atomic E-state index is 11.1. The Morgan fingerprint density at radius 2 is 2.27 bits per heavy atom. The van der Waals surface area contributed by atoms with Gasteiger partial charge in [0.15, 0.2) is 0 Å². The van der Waals surface area contributed by atoms with E-state index in [1.54, 1.807) is 16.8 Å². The van der Waals surface area contributed by atoms with Crippen LogP contribution >= 0.6 is 11.3 Å². The fourth-order valence-electron chi connectivity index (χ4n) is 1.38. The summed E-state index contributed by atoms with van der Waals surface area (Å²) in [6, 6.07) is 0.0900. The van der Waals surface area contributed by atoms with Crippen molar-refractivity contribution in [1.82, 2.24) is 10.3 Å². The van der Waals surface area contributed by atoms with Crippen molar-refractivity contribution in [1.29, 1.82) is 0 Å². The summed E-state index contributed by atoms with van der Waals surface area (Å²) in [5.41, 5.74) is 2.77. The highest BCUT2D eigenvalue weighted by atomic mass is 32.2. The molecule has 0 spiro atoms. The van der Waals surface area contributed by atoms with Crippen molar-refractivity contribution < 1.29 is 8.42 Å². The molecule has 6 heteroatoms. The van der Waals surface area contributed by atoms with Crippen molar-refractivity contribution in [3.05, 3.63) is 16.1 Å². The van der Waals surface area contributed by atoms with E-state index in [1.165, 1.54) is 6.26 Å². The molecular weight excluding hydrogens is 232 g/mol. The van der Waals surface area contributed by atoms with Crippen LogP contribution in [0.5, 0.6) is 0 Å². The van der Waals surface area contributed by atoms with Gasteiger partial charge in [-0.25, -0.2) is 13.4 Å². The number of hydrogen-bond donors (Lipinski definition) is 1. The first-order chi connectivity index (χ1) is 6.94. The van der Waals surface area contributed by atoms with Crippen LogP contribution in [0.1, 0.15) is 23.0 Å². The van der Waals surface area contributed by atoms with Crippen molar-refractivity contribution in [3.63, 3.8) is 0 Å². The average Bonchev–Trinajstić information content (AvgIpc) is 2.52. The third kappa shape index (κ3) is 3.89. The monoisotopic (exact) mass is 248 g/mol. The normalized spacial score (nSPS) is 14.1. The van der Waals surface area contributed by atoms with Gasteiger partial charge < -0.3 is 5.32 Å². The molecule has 1 aromatic heterocycles. The molecule has 0 aliphatic carbocycles. The highest BCUT2D eigenvalue weighted by molar-refractivity contribution is 7.90. The second-order valence-electron chi connectivity index (χ2n) is 3.56. The van der Waals surface area contributed by atoms with Crippen molar-refractivity contribution >= 4 is 21.2 Å². The highest BCUT2D eigenvalue weighted by Gasteiger charge is 2.16. The molecule has 0 bridgehead atoms. The lowest BCUT2D eigenvalue weighted by Gasteiger charge is -2.14. The second kappa shape index (κ2) is 5.05. The van der Waals surface area contributed by atoms with Crippen molar-refractivity contribution in [2.45, 2.75) is 19.4 Å². The first-order valence-corrected chi connectivity index (χ1v) is 7.63. The van der Waals surface area contributed by atoms with E-state index in [-0.39, 0.29) is 11.8 Å². The summed E-state index contributed by atoms with van der Waals surface area (Å²) in [5, 5.41) is 3.12. The van der Waals surface area contributed by atoms with Gasteiger partial charge in [-0.3, -0.25) is 0 Å². The Kier molecular flexibility index (Phi) is 4.24. The number of nitrogens with zero attached hydrogens (tertiary/aromatic N) is 1. The first kappa shape index (κ1) is 12.6. The minimum Gasteiger partial charge on any atom is -0.312 e. The van der Waals surface area contributed by atoms with E-state index in [0.717, 1.165) is 10.6 Å². The summed E-state index contributed by atoms with van der Waals surface area (Å²) >= 11 is 1.56. The van der Waals surface area contributed by atoms with Gasteiger partial charge in [-0.15, -0.1) is 11.3 Å². The molecule has 1 atom stereocenters. The van der Waals surface area contributed by atoms with E-state index in [1.807, 2.05) is 14.0 Å². The molecule has 4 nitrogen and oxygen atoms in total. The minimum atomic E-state index is -2.89. The summed E-state index contributed by atoms with van der Waals surface area (Å²) < 4.78 is 22.1. The minimum absolute atomic E-state index is 0.0900. The summed E-state index contributed by atoms with van der Waals surface area (Å²) in [6.45, 7) is 1.94. The average molecular weight is 248 g/mol. The quantitative estimate of drug-likeness (QED) is 0.849. The molecule has 0 aliphatic heterocycles. The molecule has 1 aromatic rings. The maximum Gasteiger partial charge on any atom is 0.147 e. The summed E-state index contributed by atoms with van der Waals surface area (Å²) in [7, 11) is -1.05. The first-order valence-electron chi connectivity index (χ1n) is 4.69. The van der Waals surface area contributed by atoms with Crippen LogP contribution in [-0.4, -0.2) is 32.5 Å². The van der Waals surface area contributed by atoms with Gasteiger partial charge >= 0.3 is 0 Å². The Bertz CT molecular complexity index is 412. The lowest BCUT2D eigenvalue weighted by Crippen LogP contribution is -2.19. The number of sulfone groups is 1. The number of thiazole rings is 1. The SMILES string of the molecule is CNC(CCS(C)(=O)=O)c1scnc1C. The van der Waals surface area contributed by atoms with Crippen LogP contribution < -0.4 is 5.32 Å². The molecule has 0 radical (unpaired) electrons. The Hall–Kier alpha value is -0.460. The molecule has 1 N–H and O–H groups in total. The lowest BCUT2D eigenvalue weighted by molar-refractivity contribution is 0.562. The van der Waals surface area contributed by atoms with Crippen LogP contribution in [0.3, 0.4) is 0 Å². The predicted octanol–water partition coefficient (Wildman–Crippen LogP) is 1.15. The van der Waals surface area contributed by atoms with Crippen LogP contribution in [0, 0.1) is 6.92 Å². The fraction of sp³-hybridized carbons (Fsp3) is 0.667. The number of aryl methyl sites for hydroxylation is 1. The van der Waals surface area contributed by atoms with E-state index in [2.05, 4.69) is 10.3 Å². The fourth-order valence-corrected chi connectivity index (χ4v) is 3.00. The van der Waals surface area contributed by atoms with Gasteiger partial charge in [0.2, 0.25) is 0 Å². The molecule has 0 amide bonds. The smallest absolute Gasteiger partial charge is 0.147 e. The summed E-state index contributed by atoms with van der Waals surface area (Å²) in [6.07, 6.45) is 1.86. The third-order valence-corrected chi connectivity index (χ3v) is 4.25. The largest absolute Gasteiger partial charge is 0.312 e. The predicted molar refractivity (Wildman–Crippen MR) is 63.0 cm³/mol. The van der Waals surface area contributed by atoms with Crippen LogP contribution in [0.4, 0.5) is 0 Å². The number of rotatable bonds is 5. The van der Waals surface area contributed by atoms with Crippen molar-refractivity contribution in [2.24, 2.45) is 0 Å². The van der Waals surface area contributed by atoms with E-state index in [9.17, 15) is 8.42 Å².